The fourth-order valence-electron chi connectivity index (χ4n) is 2.75. The summed E-state index contributed by atoms with van der Waals surface area (Å²) in [5, 5.41) is 1.52. The number of ketones is 1. The minimum absolute atomic E-state index is 0.0846. The number of carbonyl (C=O) groups is 3. The third kappa shape index (κ3) is 3.95. The lowest BCUT2D eigenvalue weighted by atomic mass is 9.97. The molecule has 2 aromatic carbocycles. The lowest BCUT2D eigenvalue weighted by molar-refractivity contribution is -0.143. The van der Waals surface area contributed by atoms with E-state index in [1.807, 2.05) is 0 Å². The van der Waals surface area contributed by atoms with E-state index in [9.17, 15) is 14.4 Å². The molecule has 30 heavy (non-hydrogen) atoms. The highest BCUT2D eigenvalue weighted by Crippen LogP contribution is 2.45. The SMILES string of the molecule is CC(=O)c1cc2c(OC(=O)C(C)(C)C)c3ccccc3c(OC(=O)C(C)(C)C)c2o1. The third-order valence-electron chi connectivity index (χ3n) is 4.56. The Kier molecular flexibility index (Phi) is 5.23. The molecule has 0 atom stereocenters. The van der Waals surface area contributed by atoms with Crippen LogP contribution < -0.4 is 9.47 Å². The molecule has 0 unspecified atom stereocenters. The normalized spacial score (nSPS) is 12.2. The summed E-state index contributed by atoms with van der Waals surface area (Å²) < 4.78 is 17.3. The second-order valence-corrected chi connectivity index (χ2v) is 9.39. The number of hydrogen-bond acceptors (Lipinski definition) is 6. The van der Waals surface area contributed by atoms with E-state index in [0.29, 0.717) is 16.2 Å². The van der Waals surface area contributed by atoms with Crippen molar-refractivity contribution in [2.24, 2.45) is 10.8 Å². The Morgan fingerprint density at radius 2 is 1.23 bits per heavy atom. The Balaban J connectivity index is 2.36. The molecule has 0 spiro atoms. The third-order valence-corrected chi connectivity index (χ3v) is 4.56. The van der Waals surface area contributed by atoms with E-state index in [1.165, 1.54) is 13.0 Å². The largest absolute Gasteiger partial charge is 0.449 e. The van der Waals surface area contributed by atoms with Gasteiger partial charge in [0.1, 0.15) is 5.75 Å². The summed E-state index contributed by atoms with van der Waals surface area (Å²) in [6.45, 7) is 11.9. The summed E-state index contributed by atoms with van der Waals surface area (Å²) in [6, 6.07) is 8.62. The van der Waals surface area contributed by atoms with E-state index >= 15 is 0 Å². The number of Topliss-reactive ketones (excluding diaryl/α,β-unsaturated/α-hetero) is 1. The molecule has 0 aliphatic rings. The van der Waals surface area contributed by atoms with Gasteiger partial charge in [0.15, 0.2) is 22.9 Å². The zero-order chi connectivity index (χ0) is 22.4. The highest BCUT2D eigenvalue weighted by molar-refractivity contribution is 6.12. The van der Waals surface area contributed by atoms with Crippen LogP contribution in [-0.4, -0.2) is 17.7 Å². The van der Waals surface area contributed by atoms with Gasteiger partial charge in [-0.15, -0.1) is 0 Å². The van der Waals surface area contributed by atoms with E-state index in [0.717, 1.165) is 0 Å². The van der Waals surface area contributed by atoms with Gasteiger partial charge >= 0.3 is 11.9 Å². The number of hydrogen-bond donors (Lipinski definition) is 0. The first-order valence-electron chi connectivity index (χ1n) is 9.74. The molecule has 0 saturated carbocycles. The van der Waals surface area contributed by atoms with Crippen LogP contribution in [0.5, 0.6) is 11.5 Å². The molecular formula is C24H26O6. The quantitative estimate of drug-likeness (QED) is 0.313. The monoisotopic (exact) mass is 410 g/mol. The number of furan rings is 1. The highest BCUT2D eigenvalue weighted by atomic mass is 16.5. The van der Waals surface area contributed by atoms with Crippen molar-refractivity contribution >= 4 is 39.5 Å². The second-order valence-electron chi connectivity index (χ2n) is 9.39. The molecule has 0 aliphatic heterocycles. The van der Waals surface area contributed by atoms with Crippen molar-refractivity contribution < 1.29 is 28.3 Å². The topological polar surface area (TPSA) is 82.8 Å². The lowest BCUT2D eigenvalue weighted by Gasteiger charge is -2.20. The molecule has 0 bridgehead atoms. The van der Waals surface area contributed by atoms with Crippen molar-refractivity contribution in [3.05, 3.63) is 36.1 Å². The van der Waals surface area contributed by atoms with E-state index in [1.54, 1.807) is 65.8 Å². The summed E-state index contributed by atoms with van der Waals surface area (Å²) in [4.78, 5) is 37.3. The smallest absolute Gasteiger partial charge is 0.316 e. The maximum Gasteiger partial charge on any atom is 0.316 e. The van der Waals surface area contributed by atoms with Gasteiger partial charge < -0.3 is 13.9 Å². The van der Waals surface area contributed by atoms with Gasteiger partial charge in [-0.1, -0.05) is 24.3 Å². The van der Waals surface area contributed by atoms with E-state index in [2.05, 4.69) is 0 Å². The number of benzene rings is 2. The lowest BCUT2D eigenvalue weighted by Crippen LogP contribution is -2.26. The van der Waals surface area contributed by atoms with Crippen molar-refractivity contribution in [2.75, 3.05) is 0 Å². The molecule has 0 radical (unpaired) electrons. The molecule has 0 aliphatic carbocycles. The van der Waals surface area contributed by atoms with Gasteiger partial charge in [-0.25, -0.2) is 0 Å². The van der Waals surface area contributed by atoms with Crippen molar-refractivity contribution in [3.63, 3.8) is 0 Å². The van der Waals surface area contributed by atoms with Crippen LogP contribution in [0.4, 0.5) is 0 Å². The predicted molar refractivity (Wildman–Crippen MR) is 114 cm³/mol. The van der Waals surface area contributed by atoms with Crippen LogP contribution in [0.3, 0.4) is 0 Å². The summed E-state index contributed by atoms with van der Waals surface area (Å²) in [5.41, 5.74) is -1.30. The molecule has 158 valence electrons. The minimum Gasteiger partial charge on any atom is -0.449 e. The van der Waals surface area contributed by atoms with Gasteiger partial charge in [-0.2, -0.15) is 0 Å². The first-order chi connectivity index (χ1) is 13.8. The maximum absolute atomic E-state index is 12.7. The van der Waals surface area contributed by atoms with Crippen LogP contribution in [0, 0.1) is 10.8 Å². The molecule has 1 heterocycles. The second kappa shape index (κ2) is 7.27. The van der Waals surface area contributed by atoms with Crippen LogP contribution in [0.2, 0.25) is 0 Å². The summed E-state index contributed by atoms with van der Waals surface area (Å²) >= 11 is 0. The first-order valence-corrected chi connectivity index (χ1v) is 9.74. The van der Waals surface area contributed by atoms with Crippen molar-refractivity contribution in [1.29, 1.82) is 0 Å². The Labute approximate surface area is 175 Å². The molecule has 0 saturated heterocycles. The van der Waals surface area contributed by atoms with Gasteiger partial charge in [-0.3, -0.25) is 14.4 Å². The minimum atomic E-state index is -0.749. The maximum atomic E-state index is 12.7. The van der Waals surface area contributed by atoms with Crippen LogP contribution >= 0.6 is 0 Å². The fourth-order valence-corrected chi connectivity index (χ4v) is 2.75. The summed E-state index contributed by atoms with van der Waals surface area (Å²) in [6.07, 6.45) is 0. The first kappa shape index (κ1) is 21.6. The van der Waals surface area contributed by atoms with Gasteiger partial charge in [0, 0.05) is 17.7 Å². The molecule has 0 amide bonds. The van der Waals surface area contributed by atoms with Gasteiger partial charge in [0.05, 0.1) is 16.2 Å². The Hall–Kier alpha value is -3.15. The molecule has 3 aromatic rings. The number of ether oxygens (including phenoxy) is 2. The van der Waals surface area contributed by atoms with Crippen LogP contribution in [0.15, 0.2) is 34.7 Å². The number of rotatable bonds is 3. The Morgan fingerprint density at radius 3 is 1.70 bits per heavy atom. The Bertz CT molecular complexity index is 1080. The number of carbonyl (C=O) groups excluding carboxylic acids is 3. The van der Waals surface area contributed by atoms with E-state index in [4.69, 9.17) is 13.9 Å². The summed E-state index contributed by atoms with van der Waals surface area (Å²) in [5.74, 6) is -0.623. The van der Waals surface area contributed by atoms with E-state index < -0.39 is 22.8 Å². The molecule has 0 N–H and O–H groups in total. The van der Waals surface area contributed by atoms with Crippen molar-refractivity contribution in [2.45, 2.75) is 48.5 Å². The number of esters is 2. The average Bonchev–Trinajstić information content (AvgIpc) is 3.08. The molecule has 0 fully saturated rings. The van der Waals surface area contributed by atoms with Crippen molar-refractivity contribution in [1.82, 2.24) is 0 Å². The summed E-state index contributed by atoms with van der Waals surface area (Å²) in [7, 11) is 0. The zero-order valence-corrected chi connectivity index (χ0v) is 18.3. The van der Waals surface area contributed by atoms with Gasteiger partial charge in [-0.05, 0) is 47.6 Å². The van der Waals surface area contributed by atoms with Crippen LogP contribution in [0.25, 0.3) is 21.7 Å². The van der Waals surface area contributed by atoms with Gasteiger partial charge in [0.25, 0.3) is 0 Å². The van der Waals surface area contributed by atoms with Crippen LogP contribution in [0.1, 0.15) is 59.0 Å². The van der Waals surface area contributed by atoms with E-state index in [-0.39, 0.29) is 28.6 Å². The van der Waals surface area contributed by atoms with Gasteiger partial charge in [0.2, 0.25) is 0 Å². The zero-order valence-electron chi connectivity index (χ0n) is 18.3. The number of fused-ring (bicyclic) bond motifs is 2. The molecule has 1 aromatic heterocycles. The fraction of sp³-hybridized carbons (Fsp3) is 0.375. The van der Waals surface area contributed by atoms with Crippen LogP contribution in [-0.2, 0) is 9.59 Å². The average molecular weight is 410 g/mol. The molecule has 6 nitrogen and oxygen atoms in total. The highest BCUT2D eigenvalue weighted by Gasteiger charge is 2.30. The molecular weight excluding hydrogens is 384 g/mol. The Morgan fingerprint density at radius 1 is 0.767 bits per heavy atom. The molecule has 6 heteroatoms. The van der Waals surface area contributed by atoms with Crippen molar-refractivity contribution in [3.8, 4) is 11.5 Å². The standard InChI is InChI=1S/C24H26O6/c1-13(25)17-12-16-18(29-21(26)23(2,3)4)14-10-8-9-11-15(14)19(20(16)28-17)30-22(27)24(5,6)7/h8-12H,1-7H3. The molecule has 3 rings (SSSR count). The predicted octanol–water partition coefficient (Wildman–Crippen LogP) is 5.69.